The van der Waals surface area contributed by atoms with Crippen LogP contribution in [-0.4, -0.2) is 21.7 Å². The van der Waals surface area contributed by atoms with Gasteiger partial charge in [-0.1, -0.05) is 93.6 Å². The van der Waals surface area contributed by atoms with Crippen LogP contribution in [0.2, 0.25) is 0 Å². The molecule has 1 aromatic heterocycles. The second kappa shape index (κ2) is 8.58. The van der Waals surface area contributed by atoms with Gasteiger partial charge < -0.3 is 14.4 Å². The van der Waals surface area contributed by atoms with E-state index in [9.17, 15) is 14.7 Å². The third kappa shape index (κ3) is 4.14. The lowest BCUT2D eigenvalue weighted by atomic mass is 9.85. The molecule has 5 nitrogen and oxygen atoms in total. The Kier molecular flexibility index (Phi) is 5.56. The number of fused-ring (bicyclic) bond motifs is 1. The van der Waals surface area contributed by atoms with Crippen molar-refractivity contribution >= 4 is 22.7 Å². The highest BCUT2D eigenvalue weighted by atomic mass is 16.3. The van der Waals surface area contributed by atoms with Crippen molar-refractivity contribution in [3.63, 3.8) is 0 Å². The molecule has 0 spiro atoms. The van der Waals surface area contributed by atoms with Crippen LogP contribution >= 0.6 is 0 Å². The van der Waals surface area contributed by atoms with Crippen molar-refractivity contribution in [2.45, 2.75) is 38.8 Å². The molecule has 2 heterocycles. The fraction of sp³-hybridized carbons (Fsp3) is 0.200. The van der Waals surface area contributed by atoms with Crippen LogP contribution in [0, 0.1) is 0 Å². The van der Waals surface area contributed by atoms with Gasteiger partial charge in [-0.25, -0.2) is 0 Å². The molecular formula is C30H27NO4. The van der Waals surface area contributed by atoms with Crippen molar-refractivity contribution in [2.75, 3.05) is 0 Å². The third-order valence-electron chi connectivity index (χ3n) is 6.49. The first-order chi connectivity index (χ1) is 16.7. The fourth-order valence-electron chi connectivity index (χ4n) is 4.57. The first-order valence-corrected chi connectivity index (χ1v) is 11.7. The molecule has 35 heavy (non-hydrogen) atoms. The molecule has 3 aromatic carbocycles. The molecule has 1 amide bonds. The van der Waals surface area contributed by atoms with Crippen LogP contribution in [0.5, 0.6) is 0 Å². The summed E-state index contributed by atoms with van der Waals surface area (Å²) in [5.41, 5.74) is 3.37. The Hall–Kier alpha value is -4.12. The van der Waals surface area contributed by atoms with Crippen molar-refractivity contribution in [2.24, 2.45) is 0 Å². The number of aliphatic hydroxyl groups excluding tert-OH is 1. The van der Waals surface area contributed by atoms with Crippen LogP contribution in [0.15, 0.2) is 101 Å². The SMILES string of the molecule is CC(C)(C)c1ccc([C@@H]2C(C(=O)c3cc4ccccc4o3)=C(O)C(=O)N2Cc2ccccc2)cc1. The Balaban J connectivity index is 1.60. The zero-order chi connectivity index (χ0) is 24.7. The number of carbonyl (C=O) groups excluding carboxylic acids is 2. The molecule has 4 aromatic rings. The Morgan fingerprint density at radius 1 is 0.943 bits per heavy atom. The van der Waals surface area contributed by atoms with Crippen LogP contribution in [0.1, 0.15) is 54.1 Å². The highest BCUT2D eigenvalue weighted by Gasteiger charge is 2.44. The summed E-state index contributed by atoms with van der Waals surface area (Å²) in [5, 5.41) is 11.7. The van der Waals surface area contributed by atoms with Crippen molar-refractivity contribution in [3.8, 4) is 0 Å². The number of Topliss-reactive ketones (excluding diaryl/α,β-unsaturated/α-hetero) is 1. The molecule has 1 aliphatic heterocycles. The van der Waals surface area contributed by atoms with Gasteiger partial charge in [-0.2, -0.15) is 0 Å². The predicted molar refractivity (Wildman–Crippen MR) is 135 cm³/mol. The van der Waals surface area contributed by atoms with Gasteiger partial charge in [-0.05, 0) is 34.2 Å². The van der Waals surface area contributed by atoms with E-state index >= 15 is 0 Å². The Morgan fingerprint density at radius 3 is 2.26 bits per heavy atom. The molecule has 1 N–H and O–H groups in total. The van der Waals surface area contributed by atoms with Crippen molar-refractivity contribution < 1.29 is 19.1 Å². The number of benzene rings is 3. The highest BCUT2D eigenvalue weighted by molar-refractivity contribution is 6.16. The van der Waals surface area contributed by atoms with Crippen molar-refractivity contribution in [1.29, 1.82) is 0 Å². The summed E-state index contributed by atoms with van der Waals surface area (Å²) in [4.78, 5) is 28.5. The van der Waals surface area contributed by atoms with Gasteiger partial charge in [0.25, 0.3) is 5.91 Å². The minimum atomic E-state index is -0.738. The summed E-state index contributed by atoms with van der Waals surface area (Å²) in [6.07, 6.45) is 0. The number of hydrogen-bond acceptors (Lipinski definition) is 4. The van der Waals surface area contributed by atoms with Crippen LogP contribution in [0.3, 0.4) is 0 Å². The van der Waals surface area contributed by atoms with E-state index in [0.717, 1.165) is 22.1 Å². The van der Waals surface area contributed by atoms with Gasteiger partial charge in [0.1, 0.15) is 5.58 Å². The first-order valence-electron chi connectivity index (χ1n) is 11.7. The average molecular weight is 466 g/mol. The molecule has 5 rings (SSSR count). The molecule has 0 unspecified atom stereocenters. The van der Waals surface area contributed by atoms with E-state index in [2.05, 4.69) is 20.8 Å². The normalized spacial score (nSPS) is 16.4. The fourth-order valence-corrected chi connectivity index (χ4v) is 4.57. The average Bonchev–Trinajstić information content (AvgIpc) is 3.39. The summed E-state index contributed by atoms with van der Waals surface area (Å²) in [6.45, 7) is 6.65. The summed E-state index contributed by atoms with van der Waals surface area (Å²) in [6, 6.07) is 25.7. The van der Waals surface area contributed by atoms with Gasteiger partial charge in [0.2, 0.25) is 5.78 Å². The van der Waals surface area contributed by atoms with Crippen LogP contribution in [-0.2, 0) is 16.8 Å². The van der Waals surface area contributed by atoms with E-state index in [0.29, 0.717) is 5.58 Å². The Bertz CT molecular complexity index is 1410. The van der Waals surface area contributed by atoms with Crippen molar-refractivity contribution in [1.82, 2.24) is 4.90 Å². The number of nitrogens with zero attached hydrogens (tertiary/aromatic N) is 1. The number of aliphatic hydroxyl groups is 1. The van der Waals surface area contributed by atoms with Crippen LogP contribution in [0.4, 0.5) is 0 Å². The molecule has 176 valence electrons. The molecular weight excluding hydrogens is 438 g/mol. The number of furan rings is 1. The second-order valence-electron chi connectivity index (χ2n) is 9.93. The molecule has 1 atom stereocenters. The largest absolute Gasteiger partial charge is 0.503 e. The maximum atomic E-state index is 13.7. The quantitative estimate of drug-likeness (QED) is 0.341. The third-order valence-corrected chi connectivity index (χ3v) is 6.49. The number of amides is 1. The highest BCUT2D eigenvalue weighted by Crippen LogP contribution is 2.41. The maximum Gasteiger partial charge on any atom is 0.290 e. The molecule has 0 fully saturated rings. The van der Waals surface area contributed by atoms with Crippen LogP contribution < -0.4 is 0 Å². The maximum absolute atomic E-state index is 13.7. The molecule has 0 bridgehead atoms. The van der Waals surface area contributed by atoms with E-state index in [-0.39, 0.29) is 23.3 Å². The lowest BCUT2D eigenvalue weighted by Gasteiger charge is -2.27. The molecule has 0 aliphatic carbocycles. The molecule has 0 saturated heterocycles. The molecule has 1 aliphatic rings. The number of rotatable bonds is 5. The van der Waals surface area contributed by atoms with Gasteiger partial charge in [-0.15, -0.1) is 0 Å². The van der Waals surface area contributed by atoms with Crippen LogP contribution in [0.25, 0.3) is 11.0 Å². The summed E-state index contributed by atoms with van der Waals surface area (Å²) in [5.74, 6) is -1.50. The van der Waals surface area contributed by atoms with Gasteiger partial charge in [0.05, 0.1) is 11.6 Å². The van der Waals surface area contributed by atoms with E-state index in [1.54, 1.807) is 17.0 Å². The predicted octanol–water partition coefficient (Wildman–Crippen LogP) is 6.51. The number of ketones is 1. The lowest BCUT2D eigenvalue weighted by Crippen LogP contribution is -2.30. The zero-order valence-corrected chi connectivity index (χ0v) is 20.0. The van der Waals surface area contributed by atoms with Gasteiger partial charge in [0, 0.05) is 11.9 Å². The summed E-state index contributed by atoms with van der Waals surface area (Å²) in [7, 11) is 0. The molecule has 0 radical (unpaired) electrons. The Labute approximate surface area is 204 Å². The standard InChI is InChI=1S/C30H27NO4/c1-30(2,3)22-15-13-20(14-16-22)26-25(27(32)24-17-21-11-7-8-12-23(21)35-24)28(33)29(34)31(26)18-19-9-5-4-6-10-19/h4-17,26,33H,18H2,1-3H3/t26-/m1/s1. The minimum Gasteiger partial charge on any atom is -0.503 e. The van der Waals surface area contributed by atoms with Gasteiger partial charge in [-0.3, -0.25) is 9.59 Å². The topological polar surface area (TPSA) is 70.7 Å². The molecule has 5 heteroatoms. The molecule has 0 saturated carbocycles. The summed E-state index contributed by atoms with van der Waals surface area (Å²) >= 11 is 0. The van der Waals surface area contributed by atoms with Crippen molar-refractivity contribution in [3.05, 3.63) is 119 Å². The monoisotopic (exact) mass is 465 g/mol. The zero-order valence-electron chi connectivity index (χ0n) is 20.0. The Morgan fingerprint density at radius 2 is 1.60 bits per heavy atom. The minimum absolute atomic E-state index is 0.0356. The number of para-hydroxylation sites is 1. The van der Waals surface area contributed by atoms with E-state index in [4.69, 9.17) is 4.42 Å². The summed E-state index contributed by atoms with van der Waals surface area (Å²) < 4.78 is 5.80. The first kappa shape index (κ1) is 22.7. The smallest absolute Gasteiger partial charge is 0.290 e. The van der Waals surface area contributed by atoms with E-state index < -0.39 is 23.5 Å². The lowest BCUT2D eigenvalue weighted by molar-refractivity contribution is -0.130. The van der Waals surface area contributed by atoms with Gasteiger partial charge in [0.15, 0.2) is 11.5 Å². The van der Waals surface area contributed by atoms with E-state index in [1.165, 1.54) is 0 Å². The number of carbonyl (C=O) groups is 2. The second-order valence-corrected chi connectivity index (χ2v) is 9.93. The van der Waals surface area contributed by atoms with Gasteiger partial charge >= 0.3 is 0 Å². The number of hydrogen-bond donors (Lipinski definition) is 1. The van der Waals surface area contributed by atoms with E-state index in [1.807, 2.05) is 72.8 Å².